The van der Waals surface area contributed by atoms with Crippen LogP contribution in [0.25, 0.3) is 0 Å². The van der Waals surface area contributed by atoms with Crippen LogP contribution < -0.4 is 10.2 Å². The minimum atomic E-state index is -0.133. The molecular formula is C24H30N5O2S+. The monoisotopic (exact) mass is 452 g/mol. The van der Waals surface area contributed by atoms with Crippen LogP contribution in [0.5, 0.6) is 0 Å². The molecular weight excluding hydrogens is 422 g/mol. The predicted molar refractivity (Wildman–Crippen MR) is 127 cm³/mol. The van der Waals surface area contributed by atoms with Crippen LogP contribution in [-0.2, 0) is 11.3 Å². The Morgan fingerprint density at radius 2 is 1.75 bits per heavy atom. The van der Waals surface area contributed by atoms with Gasteiger partial charge in [-0.05, 0) is 36.8 Å². The van der Waals surface area contributed by atoms with Gasteiger partial charge in [0.15, 0.2) is 16.8 Å². The zero-order valence-corrected chi connectivity index (χ0v) is 19.8. The summed E-state index contributed by atoms with van der Waals surface area (Å²) >= 11 is 1.38. The predicted octanol–water partition coefficient (Wildman–Crippen LogP) is 2.86. The van der Waals surface area contributed by atoms with Gasteiger partial charge < -0.3 is 10.2 Å². The molecule has 0 unspecified atom stereocenters. The van der Waals surface area contributed by atoms with Crippen molar-refractivity contribution in [3.8, 4) is 0 Å². The summed E-state index contributed by atoms with van der Waals surface area (Å²) in [5.74, 6) is 1.01. The molecule has 8 heteroatoms. The molecule has 0 aliphatic rings. The molecule has 32 heavy (non-hydrogen) atoms. The number of amides is 1. The Hall–Kier alpha value is -2.97. The summed E-state index contributed by atoms with van der Waals surface area (Å²) in [6.45, 7) is 4.32. The van der Waals surface area contributed by atoms with Crippen molar-refractivity contribution in [2.75, 3.05) is 25.2 Å². The van der Waals surface area contributed by atoms with Gasteiger partial charge in [0.2, 0.25) is 5.91 Å². The van der Waals surface area contributed by atoms with Crippen LogP contribution >= 0.6 is 11.8 Å². The number of ketones is 1. The molecule has 1 atom stereocenters. The fourth-order valence-electron chi connectivity index (χ4n) is 3.54. The Balaban J connectivity index is 1.74. The minimum Gasteiger partial charge on any atom is -0.331 e. The molecule has 0 radical (unpaired) electrons. The van der Waals surface area contributed by atoms with Crippen LogP contribution in [0.4, 0.5) is 5.69 Å². The van der Waals surface area contributed by atoms with Gasteiger partial charge in [0.1, 0.15) is 6.04 Å². The molecule has 7 nitrogen and oxygen atoms in total. The highest BCUT2D eigenvalue weighted by Gasteiger charge is 2.25. The molecule has 0 aliphatic heterocycles. The lowest BCUT2D eigenvalue weighted by Gasteiger charge is -2.20. The number of anilines is 1. The molecule has 0 spiro atoms. The maximum absolute atomic E-state index is 12.5. The van der Waals surface area contributed by atoms with E-state index in [1.807, 2.05) is 18.2 Å². The van der Waals surface area contributed by atoms with Gasteiger partial charge in [-0.3, -0.25) is 14.2 Å². The number of benzene rings is 2. The summed E-state index contributed by atoms with van der Waals surface area (Å²) < 4.78 is 2.12. The number of aromatic nitrogens is 3. The second kappa shape index (κ2) is 11.1. The number of carbonyl (C=O) groups excluding carboxylic acids is 2. The number of carbonyl (C=O) groups is 2. The van der Waals surface area contributed by atoms with E-state index in [2.05, 4.69) is 53.2 Å². The summed E-state index contributed by atoms with van der Waals surface area (Å²) in [5, 5.41) is 12.5. The van der Waals surface area contributed by atoms with E-state index in [1.54, 1.807) is 24.3 Å². The highest BCUT2D eigenvalue weighted by Crippen LogP contribution is 2.23. The first-order valence-electron chi connectivity index (χ1n) is 10.7. The fraction of sp³-hybridized carbons (Fsp3) is 0.333. The second-order valence-corrected chi connectivity index (χ2v) is 8.86. The molecule has 2 N–H and O–H groups in total. The lowest BCUT2D eigenvalue weighted by atomic mass is 10.1. The summed E-state index contributed by atoms with van der Waals surface area (Å²) in [4.78, 5) is 25.2. The normalized spacial score (nSPS) is 12.0. The molecule has 3 aromatic rings. The Labute approximate surface area is 193 Å². The first-order valence-corrected chi connectivity index (χ1v) is 11.7. The van der Waals surface area contributed by atoms with E-state index in [-0.39, 0.29) is 23.5 Å². The van der Waals surface area contributed by atoms with Gasteiger partial charge in [-0.25, -0.2) is 0 Å². The molecule has 1 aromatic heterocycles. The summed E-state index contributed by atoms with van der Waals surface area (Å²) in [5.41, 5.74) is 2.44. The van der Waals surface area contributed by atoms with E-state index in [1.165, 1.54) is 23.6 Å². The standard InChI is InChI=1S/C24H29N5O2S/c1-5-21(28(3)4)23-26-27-24(29(23)15-18-9-7-6-8-10-18)32-16-22(31)25-20-13-11-19(12-14-20)17(2)30/h6-14,21H,5,15-16H2,1-4H3,(H,25,31)/p+1/t21-/m0/s1. The average Bonchev–Trinajstić information content (AvgIpc) is 3.15. The number of rotatable bonds is 10. The van der Waals surface area contributed by atoms with Crippen LogP contribution in [0.1, 0.15) is 48.1 Å². The van der Waals surface area contributed by atoms with Gasteiger partial charge in [-0.15, -0.1) is 10.2 Å². The lowest BCUT2D eigenvalue weighted by Crippen LogP contribution is -3.06. The van der Waals surface area contributed by atoms with E-state index < -0.39 is 0 Å². The van der Waals surface area contributed by atoms with E-state index >= 15 is 0 Å². The van der Waals surface area contributed by atoms with Crippen LogP contribution in [0.2, 0.25) is 0 Å². The molecule has 0 aliphatic carbocycles. The van der Waals surface area contributed by atoms with Crippen molar-refractivity contribution in [3.63, 3.8) is 0 Å². The van der Waals surface area contributed by atoms with E-state index in [0.29, 0.717) is 17.8 Å². The molecule has 1 amide bonds. The molecule has 2 aromatic carbocycles. The Kier molecular flexibility index (Phi) is 8.19. The van der Waals surface area contributed by atoms with Crippen molar-refractivity contribution < 1.29 is 14.5 Å². The van der Waals surface area contributed by atoms with Crippen molar-refractivity contribution in [2.45, 2.75) is 38.0 Å². The Bertz CT molecular complexity index is 1050. The van der Waals surface area contributed by atoms with Crippen LogP contribution in [-0.4, -0.2) is 46.3 Å². The second-order valence-electron chi connectivity index (χ2n) is 7.92. The number of hydrogen-bond acceptors (Lipinski definition) is 5. The molecule has 1 heterocycles. The van der Waals surface area contributed by atoms with Crippen LogP contribution in [0, 0.1) is 0 Å². The molecule has 168 valence electrons. The first kappa shape index (κ1) is 23.7. The van der Waals surface area contributed by atoms with Gasteiger partial charge in [-0.1, -0.05) is 49.0 Å². The van der Waals surface area contributed by atoms with Gasteiger partial charge in [0, 0.05) is 17.7 Å². The molecule has 3 rings (SSSR count). The van der Waals surface area contributed by atoms with Crippen molar-refractivity contribution in [2.24, 2.45) is 0 Å². The summed E-state index contributed by atoms with van der Waals surface area (Å²) in [7, 11) is 4.24. The largest absolute Gasteiger partial charge is 0.331 e. The number of nitrogens with zero attached hydrogens (tertiary/aromatic N) is 3. The fourth-order valence-corrected chi connectivity index (χ4v) is 4.29. The highest BCUT2D eigenvalue weighted by molar-refractivity contribution is 7.99. The third kappa shape index (κ3) is 6.05. The number of hydrogen-bond donors (Lipinski definition) is 2. The van der Waals surface area contributed by atoms with Crippen LogP contribution in [0.3, 0.4) is 0 Å². The quantitative estimate of drug-likeness (QED) is 0.365. The number of Topliss-reactive ketones (excluding diaryl/α,β-unsaturated/α-hetero) is 1. The molecule has 0 saturated carbocycles. The Morgan fingerprint density at radius 1 is 1.06 bits per heavy atom. The van der Waals surface area contributed by atoms with Gasteiger partial charge >= 0.3 is 0 Å². The van der Waals surface area contributed by atoms with Gasteiger partial charge in [-0.2, -0.15) is 0 Å². The number of nitrogens with one attached hydrogen (secondary N) is 2. The highest BCUT2D eigenvalue weighted by atomic mass is 32.2. The summed E-state index contributed by atoms with van der Waals surface area (Å²) in [6, 6.07) is 17.3. The zero-order chi connectivity index (χ0) is 23.1. The van der Waals surface area contributed by atoms with E-state index in [9.17, 15) is 9.59 Å². The SMILES string of the molecule is CC[C@@H](c1nnc(SCC(=O)Nc2ccc(C(C)=O)cc2)n1Cc1ccccc1)[NH+](C)C. The maximum Gasteiger partial charge on any atom is 0.234 e. The third-order valence-electron chi connectivity index (χ3n) is 5.25. The van der Waals surface area contributed by atoms with Gasteiger partial charge in [0.25, 0.3) is 0 Å². The molecule has 0 fully saturated rings. The minimum absolute atomic E-state index is 0.00284. The third-order valence-corrected chi connectivity index (χ3v) is 6.22. The van der Waals surface area contributed by atoms with Crippen molar-refractivity contribution >= 4 is 29.1 Å². The van der Waals surface area contributed by atoms with Gasteiger partial charge in [0.05, 0.1) is 26.4 Å². The maximum atomic E-state index is 12.5. The summed E-state index contributed by atoms with van der Waals surface area (Å²) in [6.07, 6.45) is 0.941. The molecule has 0 bridgehead atoms. The van der Waals surface area contributed by atoms with Crippen molar-refractivity contribution in [1.29, 1.82) is 0 Å². The number of thioether (sulfide) groups is 1. The smallest absolute Gasteiger partial charge is 0.234 e. The number of quaternary nitrogens is 1. The molecule has 0 saturated heterocycles. The van der Waals surface area contributed by atoms with E-state index in [4.69, 9.17) is 0 Å². The first-order chi connectivity index (χ1) is 15.4. The lowest BCUT2D eigenvalue weighted by molar-refractivity contribution is -0.893. The Morgan fingerprint density at radius 3 is 2.34 bits per heavy atom. The van der Waals surface area contributed by atoms with Crippen molar-refractivity contribution in [3.05, 3.63) is 71.5 Å². The van der Waals surface area contributed by atoms with Crippen molar-refractivity contribution in [1.82, 2.24) is 14.8 Å². The topological polar surface area (TPSA) is 81.3 Å². The van der Waals surface area contributed by atoms with Crippen LogP contribution in [0.15, 0.2) is 59.8 Å². The van der Waals surface area contributed by atoms with E-state index in [0.717, 1.165) is 23.0 Å². The average molecular weight is 453 g/mol. The zero-order valence-electron chi connectivity index (χ0n) is 19.0.